The van der Waals surface area contributed by atoms with E-state index >= 15 is 0 Å². The topological polar surface area (TPSA) is 37.3 Å². The smallest absolute Gasteiger partial charge is 0.318 e. The number of aryl methyl sites for hydroxylation is 1. The molecular weight excluding hydrogens is 394 g/mol. The van der Waals surface area contributed by atoms with Crippen LogP contribution in [0.15, 0.2) is 97.2 Å². The van der Waals surface area contributed by atoms with Gasteiger partial charge in [0.2, 0.25) is 0 Å². The lowest BCUT2D eigenvalue weighted by atomic mass is 10.00. The molecule has 1 N–H and O–H groups in total. The summed E-state index contributed by atoms with van der Waals surface area (Å²) in [5, 5.41) is 3.15. The molecule has 1 unspecified atom stereocenters. The Morgan fingerprint density at radius 2 is 1.62 bits per heavy atom. The molecule has 0 fully saturated rings. The highest BCUT2D eigenvalue weighted by molar-refractivity contribution is 5.76. The molecule has 2 heterocycles. The molecule has 0 spiro atoms. The van der Waals surface area contributed by atoms with E-state index in [2.05, 4.69) is 77.6 Å². The van der Waals surface area contributed by atoms with Crippen molar-refractivity contribution >= 4 is 6.03 Å². The number of carbonyl (C=O) groups is 1. The molecule has 1 atom stereocenters. The van der Waals surface area contributed by atoms with Gasteiger partial charge in [0.25, 0.3) is 0 Å². The summed E-state index contributed by atoms with van der Waals surface area (Å²) in [4.78, 5) is 15.5. The Bertz CT molecular complexity index is 1210. The lowest BCUT2D eigenvalue weighted by Crippen LogP contribution is -2.41. The highest BCUT2D eigenvalue weighted by Gasteiger charge is 2.32. The molecule has 0 aliphatic carbocycles. The second-order valence-electron chi connectivity index (χ2n) is 8.20. The van der Waals surface area contributed by atoms with Gasteiger partial charge in [0.15, 0.2) is 0 Å². The predicted octanol–water partition coefficient (Wildman–Crippen LogP) is 5.85. The monoisotopic (exact) mass is 421 g/mol. The van der Waals surface area contributed by atoms with Crippen LogP contribution >= 0.6 is 0 Å². The third kappa shape index (κ3) is 3.80. The molecule has 160 valence electrons. The SMILES string of the molecule is CCc1ccc(C2c3cccn3-c3ccccc3CN2C(=O)NCc2ccccc2)cc1. The fraction of sp³-hybridized carbons (Fsp3) is 0.179. The maximum Gasteiger partial charge on any atom is 0.318 e. The summed E-state index contributed by atoms with van der Waals surface area (Å²) >= 11 is 0. The van der Waals surface area contributed by atoms with E-state index in [9.17, 15) is 4.79 Å². The number of aromatic nitrogens is 1. The van der Waals surface area contributed by atoms with Crippen molar-refractivity contribution in [3.63, 3.8) is 0 Å². The number of amides is 2. The Morgan fingerprint density at radius 3 is 2.41 bits per heavy atom. The second-order valence-corrected chi connectivity index (χ2v) is 8.20. The van der Waals surface area contributed by atoms with E-state index in [1.807, 2.05) is 41.3 Å². The summed E-state index contributed by atoms with van der Waals surface area (Å²) in [7, 11) is 0. The van der Waals surface area contributed by atoms with E-state index in [-0.39, 0.29) is 12.1 Å². The molecule has 1 aliphatic heterocycles. The molecule has 0 saturated carbocycles. The summed E-state index contributed by atoms with van der Waals surface area (Å²) in [5.41, 5.74) is 6.84. The molecule has 0 saturated heterocycles. The lowest BCUT2D eigenvalue weighted by Gasteiger charge is -2.31. The van der Waals surface area contributed by atoms with Gasteiger partial charge >= 0.3 is 6.03 Å². The Balaban J connectivity index is 1.56. The molecule has 0 bridgehead atoms. The van der Waals surface area contributed by atoms with Crippen LogP contribution in [-0.4, -0.2) is 15.5 Å². The van der Waals surface area contributed by atoms with Gasteiger partial charge in [-0.1, -0.05) is 79.7 Å². The number of urea groups is 1. The van der Waals surface area contributed by atoms with E-state index in [1.54, 1.807) is 0 Å². The Kier molecular flexibility index (Phi) is 5.51. The Morgan fingerprint density at radius 1 is 0.875 bits per heavy atom. The van der Waals surface area contributed by atoms with E-state index in [1.165, 1.54) is 5.56 Å². The van der Waals surface area contributed by atoms with Gasteiger partial charge in [0.1, 0.15) is 0 Å². The van der Waals surface area contributed by atoms with Crippen LogP contribution in [0.25, 0.3) is 5.69 Å². The number of benzene rings is 3. The Labute approximate surface area is 189 Å². The normalized spacial score (nSPS) is 14.9. The summed E-state index contributed by atoms with van der Waals surface area (Å²) in [5.74, 6) is 0. The molecule has 2 amide bonds. The molecular formula is C28H27N3O. The number of fused-ring (bicyclic) bond motifs is 3. The number of carbonyl (C=O) groups excluding carboxylic acids is 1. The minimum atomic E-state index is -0.181. The maximum atomic E-state index is 13.6. The van der Waals surface area contributed by atoms with Gasteiger partial charge in [0.05, 0.1) is 18.3 Å². The highest BCUT2D eigenvalue weighted by atomic mass is 16.2. The number of para-hydroxylation sites is 1. The fourth-order valence-corrected chi connectivity index (χ4v) is 4.50. The first-order valence-electron chi connectivity index (χ1n) is 11.2. The quantitative estimate of drug-likeness (QED) is 0.441. The molecule has 1 aliphatic rings. The van der Waals surface area contributed by atoms with Crippen LogP contribution in [0.1, 0.15) is 40.9 Å². The van der Waals surface area contributed by atoms with Crippen molar-refractivity contribution in [2.75, 3.05) is 0 Å². The first kappa shape index (κ1) is 20.1. The van der Waals surface area contributed by atoms with Crippen LogP contribution in [0.3, 0.4) is 0 Å². The minimum Gasteiger partial charge on any atom is -0.334 e. The van der Waals surface area contributed by atoms with Gasteiger partial charge in [-0.25, -0.2) is 4.79 Å². The van der Waals surface area contributed by atoms with Gasteiger partial charge in [-0.05, 0) is 46.9 Å². The summed E-state index contributed by atoms with van der Waals surface area (Å²) in [6.07, 6.45) is 3.08. The highest BCUT2D eigenvalue weighted by Crippen LogP contribution is 2.36. The first-order valence-corrected chi connectivity index (χ1v) is 11.2. The largest absolute Gasteiger partial charge is 0.334 e. The van der Waals surface area contributed by atoms with Crippen LogP contribution in [0, 0.1) is 0 Å². The number of nitrogens with zero attached hydrogens (tertiary/aromatic N) is 2. The fourth-order valence-electron chi connectivity index (χ4n) is 4.50. The van der Waals surface area contributed by atoms with E-state index < -0.39 is 0 Å². The molecule has 4 heteroatoms. The number of hydrogen-bond donors (Lipinski definition) is 1. The van der Waals surface area contributed by atoms with Crippen molar-refractivity contribution in [2.24, 2.45) is 0 Å². The number of hydrogen-bond acceptors (Lipinski definition) is 1. The number of nitrogens with one attached hydrogen (secondary N) is 1. The molecule has 5 rings (SSSR count). The number of rotatable bonds is 4. The van der Waals surface area contributed by atoms with Crippen molar-refractivity contribution in [2.45, 2.75) is 32.5 Å². The van der Waals surface area contributed by atoms with Crippen LogP contribution in [0.4, 0.5) is 4.79 Å². The van der Waals surface area contributed by atoms with E-state index in [4.69, 9.17) is 0 Å². The van der Waals surface area contributed by atoms with Gasteiger partial charge in [-0.3, -0.25) is 0 Å². The van der Waals surface area contributed by atoms with Crippen molar-refractivity contribution in [1.29, 1.82) is 0 Å². The average molecular weight is 422 g/mol. The van der Waals surface area contributed by atoms with Gasteiger partial charge < -0.3 is 14.8 Å². The van der Waals surface area contributed by atoms with Crippen LogP contribution in [0.5, 0.6) is 0 Å². The van der Waals surface area contributed by atoms with Gasteiger partial charge in [-0.15, -0.1) is 0 Å². The molecule has 32 heavy (non-hydrogen) atoms. The minimum absolute atomic E-state index is 0.0668. The Hall–Kier alpha value is -3.79. The summed E-state index contributed by atoms with van der Waals surface area (Å²) in [6, 6.07) is 31.0. The molecule has 4 nitrogen and oxygen atoms in total. The van der Waals surface area contributed by atoms with Crippen LogP contribution in [-0.2, 0) is 19.5 Å². The third-order valence-corrected chi connectivity index (χ3v) is 6.22. The van der Waals surface area contributed by atoms with Gasteiger partial charge in [-0.2, -0.15) is 0 Å². The van der Waals surface area contributed by atoms with Crippen molar-refractivity contribution < 1.29 is 4.79 Å². The summed E-state index contributed by atoms with van der Waals surface area (Å²) < 4.78 is 2.22. The lowest BCUT2D eigenvalue weighted by molar-refractivity contribution is 0.180. The first-order chi connectivity index (χ1) is 15.7. The molecule has 1 aromatic heterocycles. The van der Waals surface area contributed by atoms with Crippen LogP contribution in [0.2, 0.25) is 0 Å². The maximum absolute atomic E-state index is 13.6. The van der Waals surface area contributed by atoms with E-state index in [0.717, 1.165) is 34.5 Å². The average Bonchev–Trinajstić information content (AvgIpc) is 3.27. The molecule has 3 aromatic carbocycles. The van der Waals surface area contributed by atoms with Crippen molar-refractivity contribution in [1.82, 2.24) is 14.8 Å². The van der Waals surface area contributed by atoms with E-state index in [0.29, 0.717) is 13.1 Å². The second kappa shape index (κ2) is 8.75. The predicted molar refractivity (Wildman–Crippen MR) is 128 cm³/mol. The molecule has 4 aromatic rings. The standard InChI is InChI=1S/C28H27N3O/c1-2-21-14-16-23(17-15-21)27-26-13-8-18-30(26)25-12-7-6-11-24(25)20-31(27)28(32)29-19-22-9-4-3-5-10-22/h3-18,27H,2,19-20H2,1H3,(H,29,32). The summed E-state index contributed by atoms with van der Waals surface area (Å²) in [6.45, 7) is 3.20. The van der Waals surface area contributed by atoms with Crippen molar-refractivity contribution in [3.8, 4) is 5.69 Å². The zero-order chi connectivity index (χ0) is 21.9. The van der Waals surface area contributed by atoms with Crippen molar-refractivity contribution in [3.05, 3.63) is 125 Å². The molecule has 0 radical (unpaired) electrons. The zero-order valence-electron chi connectivity index (χ0n) is 18.2. The zero-order valence-corrected chi connectivity index (χ0v) is 18.2. The van der Waals surface area contributed by atoms with Gasteiger partial charge in [0, 0.05) is 18.4 Å². The third-order valence-electron chi connectivity index (χ3n) is 6.22. The van der Waals surface area contributed by atoms with Crippen LogP contribution < -0.4 is 5.32 Å².